The monoisotopic (exact) mass is 500 g/mol. The van der Waals surface area contributed by atoms with Gasteiger partial charge in [-0.3, -0.25) is 0 Å². The van der Waals surface area contributed by atoms with Gasteiger partial charge in [0.1, 0.15) is 17.5 Å². The van der Waals surface area contributed by atoms with Crippen molar-refractivity contribution in [3.63, 3.8) is 0 Å². The van der Waals surface area contributed by atoms with Gasteiger partial charge < -0.3 is 4.90 Å². The topological polar surface area (TPSA) is 66.4 Å². The van der Waals surface area contributed by atoms with Crippen LogP contribution in [0.2, 0.25) is 5.02 Å². The maximum atomic E-state index is 13.4. The van der Waals surface area contributed by atoms with E-state index >= 15 is 0 Å². The average molecular weight is 501 g/mol. The zero-order valence-corrected chi connectivity index (χ0v) is 19.4. The van der Waals surface area contributed by atoms with E-state index in [-0.39, 0.29) is 23.8 Å². The lowest BCUT2D eigenvalue weighted by Gasteiger charge is -2.35. The van der Waals surface area contributed by atoms with Gasteiger partial charge in [0.25, 0.3) is 0 Å². The van der Waals surface area contributed by atoms with E-state index in [0.717, 1.165) is 17.5 Å². The van der Waals surface area contributed by atoms with Crippen LogP contribution in [0.4, 0.5) is 14.6 Å². The molecule has 174 valence electrons. The fraction of sp³-hybridized carbons (Fsp3) is 0.167. The van der Waals surface area contributed by atoms with Crippen molar-refractivity contribution in [2.75, 3.05) is 31.1 Å². The third-order valence-electron chi connectivity index (χ3n) is 5.73. The fourth-order valence-corrected chi connectivity index (χ4v) is 5.54. The molecule has 0 spiro atoms. The largest absolute Gasteiger partial charge is 0.353 e. The van der Waals surface area contributed by atoms with E-state index in [4.69, 9.17) is 16.6 Å². The molecule has 4 aromatic rings. The Kier molecular flexibility index (Phi) is 5.93. The predicted molar refractivity (Wildman–Crippen MR) is 127 cm³/mol. The molecule has 0 unspecified atom stereocenters. The Hall–Kier alpha value is -3.14. The first-order chi connectivity index (χ1) is 16.3. The molecule has 6 nitrogen and oxygen atoms in total. The summed E-state index contributed by atoms with van der Waals surface area (Å²) in [7, 11) is -3.73. The van der Waals surface area contributed by atoms with Crippen molar-refractivity contribution in [1.82, 2.24) is 14.3 Å². The number of aromatic nitrogens is 2. The molecule has 0 bridgehead atoms. The van der Waals surface area contributed by atoms with Crippen LogP contribution in [0.5, 0.6) is 0 Å². The minimum absolute atomic E-state index is 0.0584. The first-order valence-corrected chi connectivity index (χ1v) is 12.4. The van der Waals surface area contributed by atoms with Gasteiger partial charge in [0.05, 0.1) is 10.4 Å². The summed E-state index contributed by atoms with van der Waals surface area (Å²) >= 11 is 6.19. The molecule has 1 aliphatic rings. The number of hydrogen-bond donors (Lipinski definition) is 0. The van der Waals surface area contributed by atoms with Crippen LogP contribution in [0.25, 0.3) is 22.3 Å². The number of nitrogens with zero attached hydrogens (tertiary/aromatic N) is 4. The van der Waals surface area contributed by atoms with Gasteiger partial charge in [-0.15, -0.1) is 0 Å². The molecule has 10 heteroatoms. The van der Waals surface area contributed by atoms with E-state index in [1.54, 1.807) is 24.3 Å². The summed E-state index contributed by atoms with van der Waals surface area (Å²) in [6, 6.07) is 16.1. The van der Waals surface area contributed by atoms with E-state index in [9.17, 15) is 17.2 Å². The van der Waals surface area contributed by atoms with Gasteiger partial charge in [0.2, 0.25) is 10.0 Å². The van der Waals surface area contributed by atoms with Crippen LogP contribution >= 0.6 is 11.6 Å². The van der Waals surface area contributed by atoms with Gasteiger partial charge in [0.15, 0.2) is 5.82 Å². The van der Waals surface area contributed by atoms with E-state index in [1.807, 2.05) is 11.0 Å². The molecule has 0 saturated carbocycles. The first-order valence-electron chi connectivity index (χ1n) is 10.6. The molecular weight excluding hydrogens is 482 g/mol. The summed E-state index contributed by atoms with van der Waals surface area (Å²) in [6.07, 6.45) is 0. The molecule has 1 fully saturated rings. The number of hydrogen-bond acceptors (Lipinski definition) is 5. The van der Waals surface area contributed by atoms with Crippen LogP contribution in [0.15, 0.2) is 71.6 Å². The second kappa shape index (κ2) is 8.90. The third-order valence-corrected chi connectivity index (χ3v) is 7.88. The Morgan fingerprint density at radius 3 is 2.06 bits per heavy atom. The quantitative estimate of drug-likeness (QED) is 0.405. The smallest absolute Gasteiger partial charge is 0.243 e. The van der Waals surface area contributed by atoms with Crippen LogP contribution < -0.4 is 4.90 Å². The van der Waals surface area contributed by atoms with Crippen molar-refractivity contribution in [3.8, 4) is 11.4 Å². The van der Waals surface area contributed by atoms with Gasteiger partial charge in [-0.1, -0.05) is 11.6 Å². The Morgan fingerprint density at radius 1 is 0.794 bits per heavy atom. The van der Waals surface area contributed by atoms with Crippen molar-refractivity contribution in [2.45, 2.75) is 4.90 Å². The third kappa shape index (κ3) is 4.34. The minimum atomic E-state index is -3.73. The van der Waals surface area contributed by atoms with Gasteiger partial charge >= 0.3 is 0 Å². The van der Waals surface area contributed by atoms with Crippen molar-refractivity contribution >= 4 is 38.3 Å². The Morgan fingerprint density at radius 2 is 1.41 bits per heavy atom. The summed E-state index contributed by atoms with van der Waals surface area (Å²) < 4.78 is 54.0. The lowest BCUT2D eigenvalue weighted by Crippen LogP contribution is -2.49. The molecule has 0 amide bonds. The highest BCUT2D eigenvalue weighted by Crippen LogP contribution is 2.31. The van der Waals surface area contributed by atoms with Gasteiger partial charge in [-0.05, 0) is 66.7 Å². The fourth-order valence-electron chi connectivity index (χ4n) is 3.95. The molecule has 3 aromatic carbocycles. The van der Waals surface area contributed by atoms with Crippen molar-refractivity contribution in [2.24, 2.45) is 0 Å². The molecule has 34 heavy (non-hydrogen) atoms. The molecule has 1 saturated heterocycles. The highest BCUT2D eigenvalue weighted by Gasteiger charge is 2.30. The molecule has 1 aliphatic heterocycles. The van der Waals surface area contributed by atoms with E-state index < -0.39 is 15.8 Å². The van der Waals surface area contributed by atoms with Gasteiger partial charge in [-0.2, -0.15) is 4.31 Å². The highest BCUT2D eigenvalue weighted by atomic mass is 35.5. The predicted octanol–water partition coefficient (Wildman–Crippen LogP) is 4.74. The average Bonchev–Trinajstić information content (AvgIpc) is 2.84. The molecule has 5 rings (SSSR count). The van der Waals surface area contributed by atoms with Crippen molar-refractivity contribution in [3.05, 3.63) is 83.4 Å². The molecule has 0 N–H and O–H groups in total. The minimum Gasteiger partial charge on any atom is -0.353 e. The summed E-state index contributed by atoms with van der Waals surface area (Å²) in [5.41, 5.74) is 1.29. The van der Waals surface area contributed by atoms with Gasteiger partial charge in [0, 0.05) is 42.2 Å². The molecule has 0 atom stereocenters. The maximum Gasteiger partial charge on any atom is 0.243 e. The Balaban J connectivity index is 1.46. The zero-order chi connectivity index (χ0) is 23.9. The summed E-state index contributed by atoms with van der Waals surface area (Å²) in [4.78, 5) is 11.4. The maximum absolute atomic E-state index is 13.4. The number of rotatable bonds is 4. The number of halogens is 3. The van der Waals surface area contributed by atoms with Crippen LogP contribution in [0.3, 0.4) is 0 Å². The number of anilines is 1. The number of piperazine rings is 1. The number of sulfonamides is 1. The molecule has 0 radical (unpaired) electrons. The van der Waals surface area contributed by atoms with E-state index in [2.05, 4.69) is 4.98 Å². The Bertz CT molecular complexity index is 1460. The lowest BCUT2D eigenvalue weighted by atomic mass is 10.1. The first kappa shape index (κ1) is 22.6. The van der Waals surface area contributed by atoms with Gasteiger partial charge in [-0.25, -0.2) is 27.2 Å². The van der Waals surface area contributed by atoms with Crippen molar-refractivity contribution in [1.29, 1.82) is 0 Å². The number of fused-ring (bicyclic) bond motifs is 1. The SMILES string of the molecule is O=S(=O)(c1ccc(F)cc1)N1CCN(c2nc(-c3ccc(F)cc3)nc3cc(Cl)ccc23)CC1. The standard InChI is InChI=1S/C24H19ClF2N4O2S/c25-17-3-10-21-22(15-17)28-23(16-1-4-18(26)5-2-16)29-24(21)30-11-13-31(14-12-30)34(32,33)20-8-6-19(27)7-9-20/h1-10,15H,11-14H2. The Labute approximate surface area is 200 Å². The van der Waals surface area contributed by atoms with Crippen LogP contribution in [0, 0.1) is 11.6 Å². The zero-order valence-electron chi connectivity index (χ0n) is 17.8. The van der Waals surface area contributed by atoms with Crippen LogP contribution in [-0.2, 0) is 10.0 Å². The van der Waals surface area contributed by atoms with Crippen LogP contribution in [0.1, 0.15) is 0 Å². The summed E-state index contributed by atoms with van der Waals surface area (Å²) in [5, 5.41) is 1.31. The second-order valence-electron chi connectivity index (χ2n) is 7.88. The number of benzene rings is 3. The van der Waals surface area contributed by atoms with E-state index in [0.29, 0.717) is 40.8 Å². The van der Waals surface area contributed by atoms with Crippen LogP contribution in [-0.4, -0.2) is 48.9 Å². The lowest BCUT2D eigenvalue weighted by molar-refractivity contribution is 0.384. The molecular formula is C24H19ClF2N4O2S. The molecule has 2 heterocycles. The summed E-state index contributed by atoms with van der Waals surface area (Å²) in [6.45, 7) is 1.28. The van der Waals surface area contributed by atoms with Crippen molar-refractivity contribution < 1.29 is 17.2 Å². The molecule has 1 aromatic heterocycles. The highest BCUT2D eigenvalue weighted by molar-refractivity contribution is 7.89. The second-order valence-corrected chi connectivity index (χ2v) is 10.3. The normalized spacial score (nSPS) is 15.1. The van der Waals surface area contributed by atoms with E-state index in [1.165, 1.54) is 28.6 Å². The summed E-state index contributed by atoms with van der Waals surface area (Å²) in [5.74, 6) is 0.230. The molecule has 0 aliphatic carbocycles.